The molecule has 0 saturated carbocycles. The van der Waals surface area contributed by atoms with Crippen molar-refractivity contribution < 1.29 is 4.74 Å². The third-order valence-electron chi connectivity index (χ3n) is 3.46. The number of ether oxygens (including phenoxy) is 1. The van der Waals surface area contributed by atoms with E-state index in [0.717, 1.165) is 13.2 Å². The minimum absolute atomic E-state index is 0.579. The van der Waals surface area contributed by atoms with Crippen LogP contribution in [0.5, 0.6) is 0 Å². The number of benzene rings is 1. The monoisotopic (exact) mass is 247 g/mol. The second-order valence-electron chi connectivity index (χ2n) is 5.11. The quantitative estimate of drug-likeness (QED) is 0.638. The van der Waals surface area contributed by atoms with Crippen molar-refractivity contribution in [3.63, 3.8) is 0 Å². The molecule has 1 aliphatic rings. The Kier molecular flexibility index (Phi) is 3.81. The largest absolute Gasteiger partial charge is 0.383 e. The van der Waals surface area contributed by atoms with Gasteiger partial charge in [0.2, 0.25) is 0 Å². The van der Waals surface area contributed by atoms with Gasteiger partial charge in [0.1, 0.15) is 8.24 Å². The summed E-state index contributed by atoms with van der Waals surface area (Å²) in [5.74, 6) is 0. The zero-order valence-electron chi connectivity index (χ0n) is 10.9. The molecular formula is C14H21NOSi. The SMILES string of the molecule is COCCN[Si](C)(C)C1C=Cc2ccccc21. The van der Waals surface area contributed by atoms with Crippen LogP contribution in [0.25, 0.3) is 6.08 Å². The van der Waals surface area contributed by atoms with Gasteiger partial charge in [-0.25, -0.2) is 0 Å². The van der Waals surface area contributed by atoms with Crippen molar-refractivity contribution in [1.29, 1.82) is 0 Å². The molecule has 1 aliphatic carbocycles. The van der Waals surface area contributed by atoms with E-state index < -0.39 is 8.24 Å². The van der Waals surface area contributed by atoms with Gasteiger partial charge in [-0.05, 0) is 11.1 Å². The molecule has 0 fully saturated rings. The van der Waals surface area contributed by atoms with E-state index in [1.165, 1.54) is 11.1 Å². The fourth-order valence-electron chi connectivity index (χ4n) is 2.46. The molecular weight excluding hydrogens is 226 g/mol. The fraction of sp³-hybridized carbons (Fsp3) is 0.429. The lowest BCUT2D eigenvalue weighted by atomic mass is 10.1. The summed E-state index contributed by atoms with van der Waals surface area (Å²) in [6.07, 6.45) is 4.61. The van der Waals surface area contributed by atoms with Gasteiger partial charge in [-0.15, -0.1) is 0 Å². The summed E-state index contributed by atoms with van der Waals surface area (Å²) >= 11 is 0. The summed E-state index contributed by atoms with van der Waals surface area (Å²) in [6, 6.07) is 8.70. The summed E-state index contributed by atoms with van der Waals surface area (Å²) < 4.78 is 5.11. The van der Waals surface area contributed by atoms with Gasteiger partial charge >= 0.3 is 0 Å². The lowest BCUT2D eigenvalue weighted by molar-refractivity contribution is 0.204. The van der Waals surface area contributed by atoms with Gasteiger partial charge in [-0.3, -0.25) is 0 Å². The van der Waals surface area contributed by atoms with Crippen molar-refractivity contribution in [2.24, 2.45) is 0 Å². The number of hydrogen-bond donors (Lipinski definition) is 1. The molecule has 92 valence electrons. The first-order chi connectivity index (χ1) is 8.15. The predicted octanol–water partition coefficient (Wildman–Crippen LogP) is 2.78. The molecule has 1 atom stereocenters. The molecule has 1 aromatic rings. The van der Waals surface area contributed by atoms with Gasteiger partial charge in [0.05, 0.1) is 6.61 Å². The standard InChI is InChI=1S/C14H21NOSi/c1-16-11-10-15-17(2,3)14-9-8-12-6-4-5-7-13(12)14/h4-9,14-15H,10-11H2,1-3H3. The van der Waals surface area contributed by atoms with Crippen molar-refractivity contribution in [2.45, 2.75) is 18.6 Å². The first-order valence-electron chi connectivity index (χ1n) is 6.16. The van der Waals surface area contributed by atoms with Gasteiger partial charge in [0.25, 0.3) is 0 Å². The second-order valence-corrected chi connectivity index (χ2v) is 9.53. The second kappa shape index (κ2) is 5.17. The molecule has 3 heteroatoms. The van der Waals surface area contributed by atoms with Gasteiger partial charge in [0, 0.05) is 19.2 Å². The topological polar surface area (TPSA) is 21.3 Å². The van der Waals surface area contributed by atoms with Crippen LogP contribution in [0.3, 0.4) is 0 Å². The van der Waals surface area contributed by atoms with E-state index in [9.17, 15) is 0 Å². The molecule has 0 saturated heterocycles. The smallest absolute Gasteiger partial charge is 0.130 e. The van der Waals surface area contributed by atoms with Crippen LogP contribution in [-0.2, 0) is 4.74 Å². The van der Waals surface area contributed by atoms with Crippen molar-refractivity contribution in [3.05, 3.63) is 41.5 Å². The van der Waals surface area contributed by atoms with Gasteiger partial charge in [-0.2, -0.15) is 0 Å². The molecule has 0 amide bonds. The number of fused-ring (bicyclic) bond motifs is 1. The average Bonchev–Trinajstić information content (AvgIpc) is 2.73. The van der Waals surface area contributed by atoms with E-state index in [1.54, 1.807) is 7.11 Å². The van der Waals surface area contributed by atoms with Crippen LogP contribution < -0.4 is 4.98 Å². The number of allylic oxidation sites excluding steroid dienone is 1. The van der Waals surface area contributed by atoms with Crippen molar-refractivity contribution in [1.82, 2.24) is 4.98 Å². The molecule has 0 radical (unpaired) electrons. The first kappa shape index (κ1) is 12.6. The molecule has 0 aliphatic heterocycles. The van der Waals surface area contributed by atoms with Crippen molar-refractivity contribution in [3.8, 4) is 0 Å². The maximum atomic E-state index is 5.11. The number of methoxy groups -OCH3 is 1. The van der Waals surface area contributed by atoms with Gasteiger partial charge in [0.15, 0.2) is 0 Å². The number of nitrogens with one attached hydrogen (secondary N) is 1. The highest BCUT2D eigenvalue weighted by molar-refractivity contribution is 6.77. The van der Waals surface area contributed by atoms with Crippen LogP contribution in [0.2, 0.25) is 13.1 Å². The summed E-state index contributed by atoms with van der Waals surface area (Å²) in [7, 11) is 0.275. The van der Waals surface area contributed by atoms with Crippen LogP contribution in [0.4, 0.5) is 0 Å². The Balaban J connectivity index is 2.11. The lowest BCUT2D eigenvalue weighted by Gasteiger charge is -2.30. The Morgan fingerprint density at radius 3 is 2.82 bits per heavy atom. The Bertz CT molecular complexity index is 414. The molecule has 1 unspecified atom stereocenters. The van der Waals surface area contributed by atoms with E-state index in [-0.39, 0.29) is 0 Å². The highest BCUT2D eigenvalue weighted by Gasteiger charge is 2.34. The highest BCUT2D eigenvalue weighted by Crippen LogP contribution is 2.35. The lowest BCUT2D eigenvalue weighted by Crippen LogP contribution is -2.50. The van der Waals surface area contributed by atoms with Crippen LogP contribution in [-0.4, -0.2) is 28.5 Å². The molecule has 0 spiro atoms. The Morgan fingerprint density at radius 1 is 1.29 bits per heavy atom. The Labute approximate surface area is 105 Å². The molecule has 1 aromatic carbocycles. The van der Waals surface area contributed by atoms with Crippen LogP contribution in [0.15, 0.2) is 30.3 Å². The maximum Gasteiger partial charge on any atom is 0.130 e. The van der Waals surface area contributed by atoms with E-state index in [1.807, 2.05) is 0 Å². The summed E-state index contributed by atoms with van der Waals surface area (Å²) in [4.78, 5) is 3.71. The minimum Gasteiger partial charge on any atom is -0.383 e. The summed E-state index contributed by atoms with van der Waals surface area (Å²) in [5.41, 5.74) is 3.44. The normalized spacial score (nSPS) is 18.4. The zero-order valence-corrected chi connectivity index (χ0v) is 11.9. The number of rotatable bonds is 5. The van der Waals surface area contributed by atoms with E-state index in [2.05, 4.69) is 54.5 Å². The summed E-state index contributed by atoms with van der Waals surface area (Å²) in [6.45, 7) is 6.51. The van der Waals surface area contributed by atoms with Gasteiger partial charge < -0.3 is 9.72 Å². The maximum absolute atomic E-state index is 5.11. The summed E-state index contributed by atoms with van der Waals surface area (Å²) in [5, 5.41) is 0. The third kappa shape index (κ3) is 2.68. The fourth-order valence-corrected chi connectivity index (χ4v) is 5.05. The van der Waals surface area contributed by atoms with E-state index >= 15 is 0 Å². The zero-order chi connectivity index (χ0) is 12.3. The van der Waals surface area contributed by atoms with E-state index in [0.29, 0.717) is 5.54 Å². The van der Waals surface area contributed by atoms with Crippen molar-refractivity contribution in [2.75, 3.05) is 20.3 Å². The Morgan fingerprint density at radius 2 is 2.06 bits per heavy atom. The molecule has 0 bridgehead atoms. The average molecular weight is 247 g/mol. The van der Waals surface area contributed by atoms with Crippen LogP contribution >= 0.6 is 0 Å². The van der Waals surface area contributed by atoms with Crippen LogP contribution in [0.1, 0.15) is 16.7 Å². The first-order valence-corrected chi connectivity index (χ1v) is 9.24. The number of hydrogen-bond acceptors (Lipinski definition) is 2. The van der Waals surface area contributed by atoms with E-state index in [4.69, 9.17) is 4.74 Å². The molecule has 17 heavy (non-hydrogen) atoms. The molecule has 0 heterocycles. The Hall–Kier alpha value is -0.903. The molecule has 1 N–H and O–H groups in total. The molecule has 2 rings (SSSR count). The molecule has 2 nitrogen and oxygen atoms in total. The predicted molar refractivity (Wildman–Crippen MR) is 75.6 cm³/mol. The highest BCUT2D eigenvalue weighted by atomic mass is 28.3. The van der Waals surface area contributed by atoms with Crippen molar-refractivity contribution >= 4 is 14.3 Å². The minimum atomic E-state index is -1.48. The van der Waals surface area contributed by atoms with Gasteiger partial charge in [-0.1, -0.05) is 49.5 Å². The van der Waals surface area contributed by atoms with Crippen LogP contribution in [0, 0.1) is 0 Å². The molecule has 0 aromatic heterocycles. The third-order valence-corrected chi connectivity index (χ3v) is 6.68.